The third kappa shape index (κ3) is 3.94. The lowest BCUT2D eigenvalue weighted by molar-refractivity contribution is 0.0622. The lowest BCUT2D eigenvalue weighted by Gasteiger charge is -2.30. The molecule has 4 N–H and O–H groups in total. The summed E-state index contributed by atoms with van der Waals surface area (Å²) in [6.45, 7) is 4.44. The number of nitrogen functional groups attached to an aromatic ring is 1. The molecule has 0 heterocycles. The average molecular weight is 265 g/mol. The van der Waals surface area contributed by atoms with Crippen LogP contribution in [0.25, 0.3) is 0 Å². The number of amides is 1. The lowest BCUT2D eigenvalue weighted by Crippen LogP contribution is -2.41. The number of carbonyl (C=O) groups is 1. The van der Waals surface area contributed by atoms with Gasteiger partial charge in [0, 0.05) is 23.8 Å². The van der Waals surface area contributed by atoms with E-state index >= 15 is 0 Å². The fraction of sp³-hybridized carbons (Fsp3) is 0.500. The van der Waals surface area contributed by atoms with Crippen LogP contribution in [0.5, 0.6) is 0 Å². The minimum absolute atomic E-state index is 0.0231. The number of aliphatic hydroxyl groups is 1. The number of carbonyl (C=O) groups excluding carboxylic acids is 1. The molecule has 0 bridgehead atoms. The van der Waals surface area contributed by atoms with E-state index in [4.69, 9.17) is 10.9 Å². The van der Waals surface area contributed by atoms with Gasteiger partial charge in [-0.1, -0.05) is 13.8 Å². The Labute approximate surface area is 114 Å². The van der Waals surface area contributed by atoms with Crippen molar-refractivity contribution in [1.82, 2.24) is 4.90 Å². The molecule has 0 spiro atoms. The highest BCUT2D eigenvalue weighted by atomic mass is 16.3. The first-order chi connectivity index (χ1) is 9.17. The maximum atomic E-state index is 12.5. The molecule has 5 nitrogen and oxygen atoms in total. The summed E-state index contributed by atoms with van der Waals surface area (Å²) in [4.78, 5) is 14.2. The second kappa shape index (κ2) is 7.76. The number of rotatable bonds is 7. The molecule has 0 aliphatic rings. The maximum absolute atomic E-state index is 12.5. The molecule has 0 aliphatic heterocycles. The van der Waals surface area contributed by atoms with Crippen molar-refractivity contribution in [3.05, 3.63) is 29.8 Å². The summed E-state index contributed by atoms with van der Waals surface area (Å²) in [7, 11) is 0. The van der Waals surface area contributed by atoms with Gasteiger partial charge in [0.1, 0.15) is 0 Å². The summed E-state index contributed by atoms with van der Waals surface area (Å²) in [6, 6.07) is 7.16. The van der Waals surface area contributed by atoms with Crippen LogP contribution >= 0.6 is 0 Å². The smallest absolute Gasteiger partial charge is 0.254 e. The highest BCUT2D eigenvalue weighted by molar-refractivity contribution is 5.94. The zero-order chi connectivity index (χ0) is 14.3. The van der Waals surface area contributed by atoms with Crippen molar-refractivity contribution in [3.8, 4) is 0 Å². The van der Waals surface area contributed by atoms with Crippen LogP contribution in [0.1, 0.15) is 37.0 Å². The van der Waals surface area contributed by atoms with Gasteiger partial charge in [0.05, 0.1) is 6.61 Å². The molecule has 1 amide bonds. The Bertz CT molecular complexity index is 388. The summed E-state index contributed by atoms with van der Waals surface area (Å²) in [5.74, 6) is 5.25. The van der Waals surface area contributed by atoms with Gasteiger partial charge < -0.3 is 15.4 Å². The molecule has 5 heteroatoms. The zero-order valence-electron chi connectivity index (χ0n) is 11.6. The van der Waals surface area contributed by atoms with E-state index in [0.717, 1.165) is 18.5 Å². The van der Waals surface area contributed by atoms with Crippen molar-refractivity contribution in [3.63, 3.8) is 0 Å². The van der Waals surface area contributed by atoms with Crippen LogP contribution in [0.3, 0.4) is 0 Å². The van der Waals surface area contributed by atoms with Gasteiger partial charge in [-0.25, -0.2) is 0 Å². The topological polar surface area (TPSA) is 78.6 Å². The van der Waals surface area contributed by atoms with Crippen molar-refractivity contribution < 1.29 is 9.90 Å². The second-order valence-electron chi connectivity index (χ2n) is 4.41. The number of nitrogens with zero attached hydrogens (tertiary/aromatic N) is 1. The second-order valence-corrected chi connectivity index (χ2v) is 4.41. The molecule has 0 atom stereocenters. The Kier molecular flexibility index (Phi) is 6.32. The fourth-order valence-electron chi connectivity index (χ4n) is 2.16. The van der Waals surface area contributed by atoms with E-state index in [-0.39, 0.29) is 18.6 Å². The average Bonchev–Trinajstić information content (AvgIpc) is 2.47. The van der Waals surface area contributed by atoms with Gasteiger partial charge >= 0.3 is 0 Å². The van der Waals surface area contributed by atoms with Gasteiger partial charge in [-0.3, -0.25) is 10.6 Å². The SMILES string of the molecule is CCC(CC)N(CCO)C(=O)c1ccc(NN)cc1. The van der Waals surface area contributed by atoms with Gasteiger partial charge in [0.25, 0.3) is 5.91 Å². The highest BCUT2D eigenvalue weighted by Gasteiger charge is 2.21. The summed E-state index contributed by atoms with van der Waals surface area (Å²) in [5, 5.41) is 9.13. The van der Waals surface area contributed by atoms with E-state index in [1.165, 1.54) is 0 Å². The van der Waals surface area contributed by atoms with E-state index in [1.54, 1.807) is 29.2 Å². The molecule has 1 rings (SSSR count). The van der Waals surface area contributed by atoms with Crippen molar-refractivity contribution in [1.29, 1.82) is 0 Å². The Morgan fingerprint density at radius 2 is 1.89 bits per heavy atom. The summed E-state index contributed by atoms with van der Waals surface area (Å²) >= 11 is 0. The summed E-state index contributed by atoms with van der Waals surface area (Å²) in [6.07, 6.45) is 1.76. The molecule has 0 fully saturated rings. The van der Waals surface area contributed by atoms with Crippen molar-refractivity contribution in [2.45, 2.75) is 32.7 Å². The largest absolute Gasteiger partial charge is 0.395 e. The minimum atomic E-state index is -0.0497. The maximum Gasteiger partial charge on any atom is 0.254 e. The van der Waals surface area contributed by atoms with Crippen LogP contribution in [0.2, 0.25) is 0 Å². The van der Waals surface area contributed by atoms with Crippen molar-refractivity contribution in [2.24, 2.45) is 5.84 Å². The minimum Gasteiger partial charge on any atom is -0.395 e. The zero-order valence-corrected chi connectivity index (χ0v) is 11.6. The normalized spacial score (nSPS) is 10.6. The number of nitrogens with one attached hydrogen (secondary N) is 1. The van der Waals surface area contributed by atoms with Crippen LogP contribution < -0.4 is 11.3 Å². The Hall–Kier alpha value is -1.59. The standard InChI is InChI=1S/C14H23N3O2/c1-3-13(4-2)17(9-10-18)14(19)11-5-7-12(16-15)8-6-11/h5-8,13,16,18H,3-4,9-10,15H2,1-2H3. The number of benzene rings is 1. The van der Waals surface area contributed by atoms with Crippen LogP contribution in [-0.2, 0) is 0 Å². The van der Waals surface area contributed by atoms with Crippen molar-refractivity contribution in [2.75, 3.05) is 18.6 Å². The Morgan fingerprint density at radius 1 is 1.32 bits per heavy atom. The number of hydrogen-bond donors (Lipinski definition) is 3. The molecule has 19 heavy (non-hydrogen) atoms. The molecule has 0 aliphatic carbocycles. The first-order valence-corrected chi connectivity index (χ1v) is 6.66. The van der Waals surface area contributed by atoms with E-state index in [1.807, 2.05) is 13.8 Å². The van der Waals surface area contributed by atoms with Crippen LogP contribution in [0, 0.1) is 0 Å². The van der Waals surface area contributed by atoms with Crippen molar-refractivity contribution >= 4 is 11.6 Å². The Balaban J connectivity index is 2.91. The molecule has 106 valence electrons. The first-order valence-electron chi connectivity index (χ1n) is 6.66. The molecule has 0 unspecified atom stereocenters. The molecule has 1 aromatic rings. The number of hydrazine groups is 1. The molecule has 0 saturated heterocycles. The van der Waals surface area contributed by atoms with Crippen LogP contribution in [0.4, 0.5) is 5.69 Å². The molecule has 0 aromatic heterocycles. The third-order valence-corrected chi connectivity index (χ3v) is 3.28. The molecule has 0 radical (unpaired) electrons. The lowest BCUT2D eigenvalue weighted by atomic mass is 10.1. The number of anilines is 1. The van der Waals surface area contributed by atoms with Gasteiger partial charge in [0.15, 0.2) is 0 Å². The summed E-state index contributed by atoms with van der Waals surface area (Å²) in [5.41, 5.74) is 3.90. The highest BCUT2D eigenvalue weighted by Crippen LogP contribution is 2.15. The predicted octanol–water partition coefficient (Wildman–Crippen LogP) is 1.60. The Morgan fingerprint density at radius 3 is 2.32 bits per heavy atom. The monoisotopic (exact) mass is 265 g/mol. The molecular weight excluding hydrogens is 242 g/mol. The number of hydrogen-bond acceptors (Lipinski definition) is 4. The number of nitrogens with two attached hydrogens (primary N) is 1. The summed E-state index contributed by atoms with van der Waals surface area (Å²) < 4.78 is 0. The molecule has 0 saturated carbocycles. The first kappa shape index (κ1) is 15.5. The molecular formula is C14H23N3O2. The van der Waals surface area contributed by atoms with Crippen LogP contribution in [-0.4, -0.2) is 35.1 Å². The van der Waals surface area contributed by atoms with Gasteiger partial charge in [-0.15, -0.1) is 0 Å². The number of aliphatic hydroxyl groups excluding tert-OH is 1. The fourth-order valence-corrected chi connectivity index (χ4v) is 2.16. The van der Waals surface area contributed by atoms with Gasteiger partial charge in [-0.05, 0) is 37.1 Å². The predicted molar refractivity (Wildman–Crippen MR) is 76.7 cm³/mol. The molecule has 1 aromatic carbocycles. The van der Waals surface area contributed by atoms with Crippen LogP contribution in [0.15, 0.2) is 24.3 Å². The van der Waals surface area contributed by atoms with Gasteiger partial charge in [0.2, 0.25) is 0 Å². The van der Waals surface area contributed by atoms with E-state index in [0.29, 0.717) is 12.1 Å². The van der Waals surface area contributed by atoms with Gasteiger partial charge in [-0.2, -0.15) is 0 Å². The third-order valence-electron chi connectivity index (χ3n) is 3.28. The van der Waals surface area contributed by atoms with E-state index in [2.05, 4.69) is 5.43 Å². The van der Waals surface area contributed by atoms with E-state index in [9.17, 15) is 4.79 Å². The van der Waals surface area contributed by atoms with E-state index < -0.39 is 0 Å². The quantitative estimate of drug-likeness (QED) is 0.517.